The summed E-state index contributed by atoms with van der Waals surface area (Å²) in [6.45, 7) is 11.2. The van der Waals surface area contributed by atoms with Crippen molar-refractivity contribution < 1.29 is 0 Å². The average Bonchev–Trinajstić information content (AvgIpc) is 2.25. The highest BCUT2D eigenvalue weighted by Gasteiger charge is 2.45. The molecule has 2 nitrogen and oxygen atoms in total. The van der Waals surface area contributed by atoms with E-state index in [0.29, 0.717) is 5.92 Å². The van der Waals surface area contributed by atoms with Crippen LogP contribution in [-0.2, 0) is 0 Å². The third kappa shape index (κ3) is 2.65. The minimum absolute atomic E-state index is 0.185. The van der Waals surface area contributed by atoms with E-state index in [-0.39, 0.29) is 11.0 Å². The standard InChI is InChI=1S/C14H24N2/c1-5-10-16-14(11-15)9-7-6-8-12(14)13(2,3)4/h5,12,16H,1,6-10H2,2-4H3. The van der Waals surface area contributed by atoms with Crippen LogP contribution in [0, 0.1) is 22.7 Å². The first-order valence-electron chi connectivity index (χ1n) is 6.23. The molecule has 2 atom stereocenters. The Morgan fingerprint density at radius 3 is 2.69 bits per heavy atom. The normalized spacial score (nSPS) is 30.8. The number of hydrogen-bond donors (Lipinski definition) is 1. The summed E-state index contributed by atoms with van der Waals surface area (Å²) in [5.41, 5.74) is -0.158. The summed E-state index contributed by atoms with van der Waals surface area (Å²) in [6, 6.07) is 2.55. The molecule has 0 aromatic heterocycles. The summed E-state index contributed by atoms with van der Waals surface area (Å²) >= 11 is 0. The van der Waals surface area contributed by atoms with E-state index in [4.69, 9.17) is 0 Å². The second-order valence-corrected chi connectivity index (χ2v) is 5.92. The van der Waals surface area contributed by atoms with E-state index in [9.17, 15) is 5.26 Å². The van der Waals surface area contributed by atoms with E-state index < -0.39 is 0 Å². The average molecular weight is 220 g/mol. The molecular weight excluding hydrogens is 196 g/mol. The van der Waals surface area contributed by atoms with Gasteiger partial charge in [0.15, 0.2) is 0 Å². The molecule has 1 N–H and O–H groups in total. The van der Waals surface area contributed by atoms with Gasteiger partial charge in [0.05, 0.1) is 6.07 Å². The summed E-state index contributed by atoms with van der Waals surface area (Å²) < 4.78 is 0. The first-order chi connectivity index (χ1) is 7.46. The van der Waals surface area contributed by atoms with Gasteiger partial charge >= 0.3 is 0 Å². The van der Waals surface area contributed by atoms with E-state index in [1.807, 2.05) is 6.08 Å². The lowest BCUT2D eigenvalue weighted by atomic mass is 9.62. The van der Waals surface area contributed by atoms with Gasteiger partial charge in [-0.25, -0.2) is 0 Å². The van der Waals surface area contributed by atoms with Crippen molar-refractivity contribution in [2.24, 2.45) is 11.3 Å². The lowest BCUT2D eigenvalue weighted by Gasteiger charge is -2.46. The Morgan fingerprint density at radius 1 is 1.50 bits per heavy atom. The molecule has 2 unspecified atom stereocenters. The lowest BCUT2D eigenvalue weighted by molar-refractivity contribution is 0.0907. The monoisotopic (exact) mass is 220 g/mol. The molecule has 1 saturated carbocycles. The minimum Gasteiger partial charge on any atom is -0.296 e. The van der Waals surface area contributed by atoms with E-state index >= 15 is 0 Å². The number of rotatable bonds is 3. The first-order valence-corrected chi connectivity index (χ1v) is 6.23. The minimum atomic E-state index is -0.343. The van der Waals surface area contributed by atoms with Crippen LogP contribution < -0.4 is 5.32 Å². The molecule has 0 heterocycles. The summed E-state index contributed by atoms with van der Waals surface area (Å²) in [6.07, 6.45) is 6.37. The van der Waals surface area contributed by atoms with Crippen molar-refractivity contribution >= 4 is 0 Å². The van der Waals surface area contributed by atoms with Crippen LogP contribution in [0.5, 0.6) is 0 Å². The van der Waals surface area contributed by atoms with Crippen molar-refractivity contribution in [3.05, 3.63) is 12.7 Å². The Balaban J connectivity index is 2.93. The zero-order valence-electron chi connectivity index (χ0n) is 10.8. The van der Waals surface area contributed by atoms with E-state index in [1.165, 1.54) is 6.42 Å². The van der Waals surface area contributed by atoms with E-state index in [2.05, 4.69) is 38.7 Å². The second kappa shape index (κ2) is 5.01. The fourth-order valence-electron chi connectivity index (χ4n) is 2.98. The molecular formula is C14H24N2. The van der Waals surface area contributed by atoms with Crippen molar-refractivity contribution in [3.63, 3.8) is 0 Å². The number of hydrogen-bond acceptors (Lipinski definition) is 2. The van der Waals surface area contributed by atoms with Crippen molar-refractivity contribution in [2.45, 2.75) is 52.0 Å². The summed E-state index contributed by atoms with van der Waals surface area (Å²) in [7, 11) is 0. The molecule has 16 heavy (non-hydrogen) atoms. The van der Waals surface area contributed by atoms with Crippen molar-refractivity contribution in [3.8, 4) is 6.07 Å². The Labute approximate surface area is 99.7 Å². The van der Waals surface area contributed by atoms with Gasteiger partial charge in [0.25, 0.3) is 0 Å². The predicted octanol–water partition coefficient (Wildman–Crippen LogP) is 3.26. The van der Waals surface area contributed by atoms with Gasteiger partial charge in [-0.05, 0) is 24.2 Å². The Morgan fingerprint density at radius 2 is 2.19 bits per heavy atom. The third-order valence-electron chi connectivity index (χ3n) is 3.72. The lowest BCUT2D eigenvalue weighted by Crippen LogP contribution is -2.55. The number of nitrogens with one attached hydrogen (secondary N) is 1. The SMILES string of the molecule is C=CCNC1(C#N)CCCCC1C(C)(C)C. The van der Waals surface area contributed by atoms with Crippen LogP contribution in [0.2, 0.25) is 0 Å². The van der Waals surface area contributed by atoms with Crippen molar-refractivity contribution in [1.82, 2.24) is 5.32 Å². The fraction of sp³-hybridized carbons (Fsp3) is 0.786. The van der Waals surface area contributed by atoms with Crippen molar-refractivity contribution in [2.75, 3.05) is 6.54 Å². The Kier molecular flexibility index (Phi) is 4.15. The molecule has 0 spiro atoms. The molecule has 0 aliphatic heterocycles. The van der Waals surface area contributed by atoms with Gasteiger partial charge in [0.2, 0.25) is 0 Å². The Bertz CT molecular complexity index is 282. The zero-order valence-corrected chi connectivity index (χ0v) is 10.8. The van der Waals surface area contributed by atoms with Gasteiger partial charge in [-0.15, -0.1) is 6.58 Å². The molecule has 1 aliphatic rings. The van der Waals surface area contributed by atoms with Gasteiger partial charge in [-0.1, -0.05) is 39.7 Å². The third-order valence-corrected chi connectivity index (χ3v) is 3.72. The van der Waals surface area contributed by atoms with Gasteiger partial charge in [0, 0.05) is 6.54 Å². The maximum absolute atomic E-state index is 9.56. The van der Waals surface area contributed by atoms with Crippen LogP contribution in [0.3, 0.4) is 0 Å². The van der Waals surface area contributed by atoms with Crippen LogP contribution in [-0.4, -0.2) is 12.1 Å². The molecule has 0 bridgehead atoms. The second-order valence-electron chi connectivity index (χ2n) is 5.92. The smallest absolute Gasteiger partial charge is 0.110 e. The van der Waals surface area contributed by atoms with E-state index in [1.54, 1.807) is 0 Å². The van der Waals surface area contributed by atoms with Gasteiger partial charge in [0.1, 0.15) is 5.54 Å². The Hall–Kier alpha value is -0.810. The molecule has 0 amide bonds. The van der Waals surface area contributed by atoms with Gasteiger partial charge in [-0.2, -0.15) is 5.26 Å². The molecule has 1 fully saturated rings. The van der Waals surface area contributed by atoms with Crippen LogP contribution in [0.15, 0.2) is 12.7 Å². The zero-order chi connectivity index (χ0) is 12.2. The van der Waals surface area contributed by atoms with Crippen LogP contribution >= 0.6 is 0 Å². The van der Waals surface area contributed by atoms with Crippen LogP contribution in [0.25, 0.3) is 0 Å². The summed E-state index contributed by atoms with van der Waals surface area (Å²) in [5, 5.41) is 13.0. The molecule has 0 aromatic rings. The first kappa shape index (κ1) is 13.3. The molecule has 0 aromatic carbocycles. The summed E-state index contributed by atoms with van der Waals surface area (Å²) in [5.74, 6) is 0.429. The van der Waals surface area contributed by atoms with E-state index in [0.717, 1.165) is 25.8 Å². The molecule has 1 aliphatic carbocycles. The fourth-order valence-corrected chi connectivity index (χ4v) is 2.98. The molecule has 2 heteroatoms. The van der Waals surface area contributed by atoms with Crippen LogP contribution in [0.4, 0.5) is 0 Å². The highest BCUT2D eigenvalue weighted by molar-refractivity contribution is 5.15. The molecule has 0 radical (unpaired) electrons. The van der Waals surface area contributed by atoms with Crippen molar-refractivity contribution in [1.29, 1.82) is 5.26 Å². The number of nitriles is 1. The maximum atomic E-state index is 9.56. The topological polar surface area (TPSA) is 35.8 Å². The van der Waals surface area contributed by atoms with Gasteiger partial charge < -0.3 is 0 Å². The largest absolute Gasteiger partial charge is 0.296 e. The highest BCUT2D eigenvalue weighted by atomic mass is 15.0. The highest BCUT2D eigenvalue weighted by Crippen LogP contribution is 2.44. The van der Waals surface area contributed by atoms with Crippen LogP contribution in [0.1, 0.15) is 46.5 Å². The molecule has 0 saturated heterocycles. The van der Waals surface area contributed by atoms with Gasteiger partial charge in [-0.3, -0.25) is 5.32 Å². The molecule has 1 rings (SSSR count). The molecule has 90 valence electrons. The summed E-state index contributed by atoms with van der Waals surface area (Å²) in [4.78, 5) is 0. The quantitative estimate of drug-likeness (QED) is 0.741. The number of nitrogens with zero attached hydrogens (tertiary/aromatic N) is 1. The predicted molar refractivity (Wildman–Crippen MR) is 68.0 cm³/mol. The maximum Gasteiger partial charge on any atom is 0.110 e.